The molecule has 18 rings (SSSR count). The zero-order valence-electron chi connectivity index (χ0n) is 44.1. The molecule has 0 atom stereocenters. The molecule has 0 amide bonds. The van der Waals surface area contributed by atoms with Crippen LogP contribution in [0.1, 0.15) is 0 Å². The summed E-state index contributed by atoms with van der Waals surface area (Å²) in [7, 11) is 0. The number of thiophene rings is 1. The lowest BCUT2D eigenvalue weighted by atomic mass is 9.94. The number of nitrogens with zero attached hydrogens (tertiary/aromatic N) is 6. The second-order valence-electron chi connectivity index (χ2n) is 21.4. The highest BCUT2D eigenvalue weighted by atomic mass is 32.1. The zero-order chi connectivity index (χ0) is 53.6. The Labute approximate surface area is 474 Å². The van der Waals surface area contributed by atoms with Crippen molar-refractivity contribution in [3.63, 3.8) is 0 Å². The number of rotatable bonds is 7. The zero-order valence-corrected chi connectivity index (χ0v) is 45.0. The molecule has 0 fully saturated rings. The summed E-state index contributed by atoms with van der Waals surface area (Å²) < 4.78 is 13.4. The summed E-state index contributed by atoms with van der Waals surface area (Å²) in [4.78, 5) is 6.57. The number of para-hydroxylation sites is 11. The van der Waals surface area contributed by atoms with Gasteiger partial charge in [0.05, 0.1) is 72.4 Å². The molecule has 6 heterocycles. The maximum Gasteiger partial charge on any atom is 0.220 e. The van der Waals surface area contributed by atoms with E-state index in [-0.39, 0.29) is 0 Å². The summed E-state index contributed by atoms with van der Waals surface area (Å²) in [6.45, 7) is 0. The van der Waals surface area contributed by atoms with Crippen molar-refractivity contribution in [3.05, 3.63) is 279 Å². The highest BCUT2D eigenvalue weighted by molar-refractivity contribution is 7.25. The Morgan fingerprint density at radius 3 is 1.23 bits per heavy atom. The molecule has 0 saturated heterocycles. The molecule has 7 heteroatoms. The number of hydrogen-bond donors (Lipinski definition) is 0. The monoisotopic (exact) mass is 1060 g/mol. The Balaban J connectivity index is 0.923. The Bertz CT molecular complexity index is 5570. The summed E-state index contributed by atoms with van der Waals surface area (Å²) in [6.07, 6.45) is 0. The molecule has 0 spiro atoms. The first-order chi connectivity index (χ1) is 40.7. The van der Waals surface area contributed by atoms with E-state index in [0.29, 0.717) is 0 Å². The van der Waals surface area contributed by atoms with Crippen LogP contribution in [0.4, 0.5) is 0 Å². The predicted molar refractivity (Wildman–Crippen MR) is 344 cm³/mol. The van der Waals surface area contributed by atoms with Crippen molar-refractivity contribution in [3.8, 4) is 56.1 Å². The van der Waals surface area contributed by atoms with Gasteiger partial charge in [-0.2, -0.15) is 0 Å². The standard InChI is InChI=1S/C75H46N6S/c1-10-30-60-49(21-1)50-22-2-11-31-61(50)77(60)62-32-12-5-25-53(62)56-44-42-48(46-71(56)79-66-36-16-7-27-57(66)73-58-28-8-20-40-72(58)82-74(73)79)47-41-43-55(70(45-47)78-63-33-13-3-23-51(63)52-24-4-14-34-64(52)78)54-26-6-15-35-65(54)80-68-38-18-19-39-69(68)81-67-37-17-9-29-59(67)76-75(80)81/h1-46H. The average Bonchev–Trinajstić information content (AvgIpc) is 2.59. The second-order valence-corrected chi connectivity index (χ2v) is 22.5. The summed E-state index contributed by atoms with van der Waals surface area (Å²) in [5.41, 5.74) is 21.2. The quantitative estimate of drug-likeness (QED) is 0.157. The van der Waals surface area contributed by atoms with Crippen LogP contribution in [0, 0.1) is 0 Å². The summed E-state index contributed by atoms with van der Waals surface area (Å²) in [6, 6.07) is 102. The SMILES string of the molecule is c1ccc(-n2c3ccccc3c3ccccc32)c(-c2ccc(-c3ccc(-c4ccccc4-n4c5ccccc5n5c6ccccc6nc45)c(-n4c5ccccc5c5ccccc54)c3)cc2-n2c3ccccc3c3c4ccccc4sc32)c1. The van der Waals surface area contributed by atoms with Crippen LogP contribution in [0.3, 0.4) is 0 Å². The van der Waals surface area contributed by atoms with E-state index in [2.05, 4.69) is 302 Å². The number of imidazole rings is 2. The summed E-state index contributed by atoms with van der Waals surface area (Å²) in [5, 5.41) is 8.72. The number of fused-ring (bicyclic) bond motifs is 16. The van der Waals surface area contributed by atoms with Gasteiger partial charge < -0.3 is 13.7 Å². The van der Waals surface area contributed by atoms with E-state index in [9.17, 15) is 0 Å². The maximum absolute atomic E-state index is 5.34. The Morgan fingerprint density at radius 1 is 0.268 bits per heavy atom. The molecule has 0 aliphatic heterocycles. The van der Waals surface area contributed by atoms with Crippen molar-refractivity contribution in [2.75, 3.05) is 0 Å². The third-order valence-corrected chi connectivity index (χ3v) is 18.3. The molecule has 82 heavy (non-hydrogen) atoms. The molecule has 6 nitrogen and oxygen atoms in total. The minimum Gasteiger partial charge on any atom is -0.309 e. The smallest absolute Gasteiger partial charge is 0.220 e. The van der Waals surface area contributed by atoms with E-state index >= 15 is 0 Å². The van der Waals surface area contributed by atoms with Crippen LogP contribution in [-0.2, 0) is 0 Å². The van der Waals surface area contributed by atoms with Crippen LogP contribution in [-0.4, -0.2) is 27.7 Å². The highest BCUT2D eigenvalue weighted by Crippen LogP contribution is 2.48. The second kappa shape index (κ2) is 17.4. The lowest BCUT2D eigenvalue weighted by Gasteiger charge is -2.21. The van der Waals surface area contributed by atoms with Gasteiger partial charge in [0.1, 0.15) is 4.83 Å². The van der Waals surface area contributed by atoms with Crippen LogP contribution >= 0.6 is 11.3 Å². The molecule has 0 aliphatic rings. The predicted octanol–water partition coefficient (Wildman–Crippen LogP) is 19.9. The van der Waals surface area contributed by atoms with Gasteiger partial charge in [0.25, 0.3) is 0 Å². The fourth-order valence-electron chi connectivity index (χ4n) is 13.7. The molecule has 382 valence electrons. The molecule has 0 N–H and O–H groups in total. The van der Waals surface area contributed by atoms with Gasteiger partial charge in [0.2, 0.25) is 5.78 Å². The van der Waals surface area contributed by atoms with Crippen molar-refractivity contribution in [2.24, 2.45) is 0 Å². The Hall–Kier alpha value is -10.7. The minimum absolute atomic E-state index is 0.877. The van der Waals surface area contributed by atoms with Crippen molar-refractivity contribution >= 4 is 114 Å². The Kier molecular flexibility index (Phi) is 9.58. The summed E-state index contributed by atoms with van der Waals surface area (Å²) >= 11 is 1.87. The van der Waals surface area contributed by atoms with E-state index in [1.165, 1.54) is 63.8 Å². The third-order valence-electron chi connectivity index (χ3n) is 17.1. The van der Waals surface area contributed by atoms with Crippen molar-refractivity contribution < 1.29 is 0 Å². The number of aromatic nitrogens is 6. The Morgan fingerprint density at radius 2 is 0.659 bits per heavy atom. The van der Waals surface area contributed by atoms with Crippen molar-refractivity contribution in [1.29, 1.82) is 0 Å². The molecule has 18 aromatic rings. The average molecular weight is 1060 g/mol. The number of hydrogen-bond acceptors (Lipinski definition) is 2. The molecular formula is C75H46N6S. The molecule has 0 bridgehead atoms. The molecule has 0 radical (unpaired) electrons. The first kappa shape index (κ1) is 45.2. The van der Waals surface area contributed by atoms with Gasteiger partial charge in [-0.25, -0.2) is 4.98 Å². The van der Waals surface area contributed by atoms with Crippen molar-refractivity contribution in [2.45, 2.75) is 0 Å². The van der Waals surface area contributed by atoms with Crippen LogP contribution < -0.4 is 0 Å². The van der Waals surface area contributed by atoms with Gasteiger partial charge in [-0.1, -0.05) is 194 Å². The van der Waals surface area contributed by atoms with Crippen molar-refractivity contribution in [1.82, 2.24) is 27.7 Å². The maximum atomic E-state index is 5.34. The fraction of sp³-hybridized carbons (Fsp3) is 0. The van der Waals surface area contributed by atoms with Crippen LogP contribution in [0.2, 0.25) is 0 Å². The van der Waals surface area contributed by atoms with Gasteiger partial charge in [-0.3, -0.25) is 8.97 Å². The van der Waals surface area contributed by atoms with Gasteiger partial charge >= 0.3 is 0 Å². The highest BCUT2D eigenvalue weighted by Gasteiger charge is 2.26. The normalized spacial score (nSPS) is 12.1. The topological polar surface area (TPSA) is 37.0 Å². The third kappa shape index (κ3) is 6.36. The van der Waals surface area contributed by atoms with E-state index in [4.69, 9.17) is 4.98 Å². The molecule has 0 aliphatic carbocycles. The lowest BCUT2D eigenvalue weighted by molar-refractivity contribution is 1.11. The molecular weight excluding hydrogens is 1020 g/mol. The molecule has 0 saturated carbocycles. The van der Waals surface area contributed by atoms with E-state index in [1.54, 1.807) is 0 Å². The van der Waals surface area contributed by atoms with Gasteiger partial charge in [0, 0.05) is 64.7 Å². The first-order valence-corrected chi connectivity index (χ1v) is 28.8. The molecule has 6 aromatic heterocycles. The van der Waals surface area contributed by atoms with E-state index in [0.717, 1.165) is 95.0 Å². The minimum atomic E-state index is 0.877. The number of benzene rings is 12. The fourth-order valence-corrected chi connectivity index (χ4v) is 14.9. The van der Waals surface area contributed by atoms with Crippen LogP contribution in [0.25, 0.3) is 159 Å². The van der Waals surface area contributed by atoms with Gasteiger partial charge in [-0.15, -0.1) is 11.3 Å². The van der Waals surface area contributed by atoms with Crippen LogP contribution in [0.5, 0.6) is 0 Å². The summed E-state index contributed by atoms with van der Waals surface area (Å²) in [5.74, 6) is 0.877. The van der Waals surface area contributed by atoms with Gasteiger partial charge in [0.15, 0.2) is 0 Å². The molecule has 0 unspecified atom stereocenters. The first-order valence-electron chi connectivity index (χ1n) is 28.0. The largest absolute Gasteiger partial charge is 0.309 e. The lowest BCUT2D eigenvalue weighted by Crippen LogP contribution is -2.03. The molecule has 12 aromatic carbocycles. The van der Waals surface area contributed by atoms with E-state index < -0.39 is 0 Å². The van der Waals surface area contributed by atoms with Gasteiger partial charge in [-0.05, 0) is 96.1 Å². The van der Waals surface area contributed by atoms with E-state index in [1.807, 2.05) is 11.3 Å². The van der Waals surface area contributed by atoms with Crippen LogP contribution in [0.15, 0.2) is 279 Å².